The molecule has 1 saturated carbocycles. The van der Waals surface area contributed by atoms with E-state index >= 15 is 0 Å². The Labute approximate surface area is 127 Å². The molecule has 110 valence electrons. The average molecular weight is 306 g/mol. The van der Waals surface area contributed by atoms with Crippen molar-refractivity contribution >= 4 is 17.9 Å². The Kier molecular flexibility index (Phi) is 4.20. The minimum atomic E-state index is 0.413. The summed E-state index contributed by atoms with van der Waals surface area (Å²) in [5.41, 5.74) is 1.42. The molecule has 1 aliphatic rings. The Morgan fingerprint density at radius 1 is 1.33 bits per heavy atom. The maximum atomic E-state index is 11.1. The van der Waals surface area contributed by atoms with E-state index in [1.807, 2.05) is 12.1 Å². The van der Waals surface area contributed by atoms with Crippen molar-refractivity contribution < 1.29 is 9.53 Å². The van der Waals surface area contributed by atoms with Crippen LogP contribution >= 0.6 is 11.6 Å². The van der Waals surface area contributed by atoms with Gasteiger partial charge in [-0.25, -0.2) is 4.68 Å². The first-order valence-corrected chi connectivity index (χ1v) is 7.42. The van der Waals surface area contributed by atoms with Crippen molar-refractivity contribution in [3.05, 3.63) is 40.7 Å². The minimum absolute atomic E-state index is 0.413. The van der Waals surface area contributed by atoms with Gasteiger partial charge < -0.3 is 4.74 Å². The molecule has 21 heavy (non-hydrogen) atoms. The van der Waals surface area contributed by atoms with Crippen molar-refractivity contribution in [3.8, 4) is 5.75 Å². The standard InChI is InChI=1S/C15H16ClN3O2/c16-12-4-6-13(7-5-12)21-9-8-19-15(11-2-1-3-11)14(10-20)17-18-19/h4-7,10-11H,1-3,8-9H2. The summed E-state index contributed by atoms with van der Waals surface area (Å²) in [6.07, 6.45) is 4.20. The summed E-state index contributed by atoms with van der Waals surface area (Å²) in [5, 5.41) is 8.70. The Balaban J connectivity index is 1.63. The van der Waals surface area contributed by atoms with E-state index in [4.69, 9.17) is 16.3 Å². The normalized spacial score (nSPS) is 14.7. The first-order chi connectivity index (χ1) is 10.3. The number of aldehydes is 1. The molecule has 5 nitrogen and oxygen atoms in total. The first-order valence-electron chi connectivity index (χ1n) is 7.05. The van der Waals surface area contributed by atoms with Crippen molar-refractivity contribution in [2.45, 2.75) is 31.7 Å². The Hall–Kier alpha value is -1.88. The van der Waals surface area contributed by atoms with E-state index in [2.05, 4.69) is 10.3 Å². The molecular weight excluding hydrogens is 290 g/mol. The van der Waals surface area contributed by atoms with Gasteiger partial charge in [0.25, 0.3) is 0 Å². The van der Waals surface area contributed by atoms with Gasteiger partial charge in [0.15, 0.2) is 6.29 Å². The van der Waals surface area contributed by atoms with Gasteiger partial charge in [-0.15, -0.1) is 5.10 Å². The molecule has 0 aliphatic heterocycles. The fourth-order valence-corrected chi connectivity index (χ4v) is 2.59. The molecule has 1 fully saturated rings. The molecule has 0 radical (unpaired) electrons. The zero-order chi connectivity index (χ0) is 14.7. The minimum Gasteiger partial charge on any atom is -0.492 e. The summed E-state index contributed by atoms with van der Waals surface area (Å²) in [5.74, 6) is 1.18. The monoisotopic (exact) mass is 305 g/mol. The van der Waals surface area contributed by atoms with Crippen molar-refractivity contribution in [2.75, 3.05) is 6.61 Å². The van der Waals surface area contributed by atoms with Crippen LogP contribution < -0.4 is 4.74 Å². The third-order valence-electron chi connectivity index (χ3n) is 3.79. The fourth-order valence-electron chi connectivity index (χ4n) is 2.47. The second-order valence-corrected chi connectivity index (χ2v) is 5.57. The van der Waals surface area contributed by atoms with E-state index < -0.39 is 0 Å². The van der Waals surface area contributed by atoms with Gasteiger partial charge in [0.1, 0.15) is 18.1 Å². The summed E-state index contributed by atoms with van der Waals surface area (Å²) in [6, 6.07) is 7.23. The highest BCUT2D eigenvalue weighted by molar-refractivity contribution is 6.30. The molecule has 0 unspecified atom stereocenters. The van der Waals surface area contributed by atoms with Crippen LogP contribution in [0.4, 0.5) is 0 Å². The molecular formula is C15H16ClN3O2. The lowest BCUT2D eigenvalue weighted by Crippen LogP contribution is -2.19. The molecule has 0 amide bonds. The van der Waals surface area contributed by atoms with Gasteiger partial charge in [-0.1, -0.05) is 23.2 Å². The van der Waals surface area contributed by atoms with Crippen LogP contribution in [0.3, 0.4) is 0 Å². The van der Waals surface area contributed by atoms with E-state index in [1.165, 1.54) is 6.42 Å². The van der Waals surface area contributed by atoms with Crippen LogP contribution in [0.15, 0.2) is 24.3 Å². The summed E-state index contributed by atoms with van der Waals surface area (Å²) < 4.78 is 7.45. The van der Waals surface area contributed by atoms with Crippen LogP contribution in [-0.2, 0) is 6.54 Å². The van der Waals surface area contributed by atoms with Crippen molar-refractivity contribution in [3.63, 3.8) is 0 Å². The predicted molar refractivity (Wildman–Crippen MR) is 78.9 cm³/mol. The zero-order valence-corrected chi connectivity index (χ0v) is 12.3. The molecule has 1 aliphatic carbocycles. The van der Waals surface area contributed by atoms with Crippen LogP contribution in [0.2, 0.25) is 5.02 Å². The predicted octanol–water partition coefficient (Wildman–Crippen LogP) is 3.09. The highest BCUT2D eigenvalue weighted by Gasteiger charge is 2.27. The lowest BCUT2D eigenvalue weighted by atomic mass is 9.82. The van der Waals surface area contributed by atoms with Gasteiger partial charge >= 0.3 is 0 Å². The highest BCUT2D eigenvalue weighted by Crippen LogP contribution is 2.37. The van der Waals surface area contributed by atoms with Crippen molar-refractivity contribution in [2.24, 2.45) is 0 Å². The first kappa shape index (κ1) is 14.1. The van der Waals surface area contributed by atoms with Gasteiger partial charge in [0, 0.05) is 10.9 Å². The molecule has 0 spiro atoms. The maximum Gasteiger partial charge on any atom is 0.172 e. The van der Waals surface area contributed by atoms with Crippen LogP contribution in [0, 0.1) is 0 Å². The largest absolute Gasteiger partial charge is 0.492 e. The molecule has 1 heterocycles. The summed E-state index contributed by atoms with van der Waals surface area (Å²) in [6.45, 7) is 1.05. The second kappa shape index (κ2) is 6.26. The van der Waals surface area contributed by atoms with Gasteiger partial charge in [0.2, 0.25) is 0 Å². The van der Waals surface area contributed by atoms with E-state index in [-0.39, 0.29) is 0 Å². The van der Waals surface area contributed by atoms with Gasteiger partial charge in [-0.3, -0.25) is 4.79 Å². The zero-order valence-electron chi connectivity index (χ0n) is 11.5. The Bertz CT molecular complexity index is 620. The van der Waals surface area contributed by atoms with Crippen LogP contribution in [0.25, 0.3) is 0 Å². The van der Waals surface area contributed by atoms with Crippen LogP contribution in [0.1, 0.15) is 41.4 Å². The average Bonchev–Trinajstić information content (AvgIpc) is 2.82. The van der Waals surface area contributed by atoms with Gasteiger partial charge in [-0.05, 0) is 37.1 Å². The quantitative estimate of drug-likeness (QED) is 0.770. The van der Waals surface area contributed by atoms with Crippen LogP contribution in [0.5, 0.6) is 5.75 Å². The van der Waals surface area contributed by atoms with Gasteiger partial charge in [0.05, 0.1) is 12.2 Å². The highest BCUT2D eigenvalue weighted by atomic mass is 35.5. The molecule has 1 aromatic carbocycles. The molecule has 3 rings (SSSR count). The molecule has 0 atom stereocenters. The van der Waals surface area contributed by atoms with E-state index in [0.29, 0.717) is 29.8 Å². The third kappa shape index (κ3) is 3.08. The smallest absolute Gasteiger partial charge is 0.172 e. The summed E-state index contributed by atoms with van der Waals surface area (Å²) in [7, 11) is 0. The lowest BCUT2D eigenvalue weighted by molar-refractivity contribution is 0.111. The number of hydrogen-bond donors (Lipinski definition) is 0. The number of benzene rings is 1. The Morgan fingerprint density at radius 3 is 2.71 bits per heavy atom. The van der Waals surface area contributed by atoms with Gasteiger partial charge in [-0.2, -0.15) is 0 Å². The molecule has 0 bridgehead atoms. The number of carbonyl (C=O) groups excluding carboxylic acids is 1. The number of rotatable bonds is 6. The molecule has 0 saturated heterocycles. The Morgan fingerprint density at radius 2 is 2.10 bits per heavy atom. The molecule has 1 aromatic heterocycles. The van der Waals surface area contributed by atoms with Crippen molar-refractivity contribution in [1.29, 1.82) is 0 Å². The molecule has 0 N–H and O–H groups in total. The van der Waals surface area contributed by atoms with E-state index in [9.17, 15) is 4.79 Å². The molecule has 2 aromatic rings. The third-order valence-corrected chi connectivity index (χ3v) is 4.04. The van der Waals surface area contributed by atoms with E-state index in [1.54, 1.807) is 16.8 Å². The number of ether oxygens (including phenoxy) is 1. The van der Waals surface area contributed by atoms with Crippen molar-refractivity contribution in [1.82, 2.24) is 15.0 Å². The second-order valence-electron chi connectivity index (χ2n) is 5.13. The maximum absolute atomic E-state index is 11.1. The van der Waals surface area contributed by atoms with Crippen LogP contribution in [-0.4, -0.2) is 27.9 Å². The number of aromatic nitrogens is 3. The lowest BCUT2D eigenvalue weighted by Gasteiger charge is -2.26. The summed E-state index contributed by atoms with van der Waals surface area (Å²) in [4.78, 5) is 11.1. The SMILES string of the molecule is O=Cc1nnn(CCOc2ccc(Cl)cc2)c1C1CCC1. The number of carbonyl (C=O) groups is 1. The topological polar surface area (TPSA) is 57.0 Å². The number of hydrogen-bond acceptors (Lipinski definition) is 4. The summed E-state index contributed by atoms with van der Waals surface area (Å²) >= 11 is 5.83. The van der Waals surface area contributed by atoms with E-state index in [0.717, 1.165) is 30.6 Å². The number of nitrogens with zero attached hydrogens (tertiary/aromatic N) is 3. The number of halogens is 1. The fraction of sp³-hybridized carbons (Fsp3) is 0.400. The molecule has 6 heteroatoms.